The van der Waals surface area contributed by atoms with E-state index in [4.69, 9.17) is 33.7 Å². The number of nitrogens with one attached hydrogen (secondary N) is 1. The lowest BCUT2D eigenvalue weighted by atomic mass is 10.3. The van der Waals surface area contributed by atoms with Crippen LogP contribution in [0.25, 0.3) is 0 Å². The Labute approximate surface area is 138 Å². The number of aliphatic carboxylic acids is 2. The Hall–Kier alpha value is -3.00. The van der Waals surface area contributed by atoms with E-state index in [0.29, 0.717) is 13.2 Å². The number of furan rings is 1. The highest BCUT2D eigenvalue weighted by atomic mass is 16.5. The van der Waals surface area contributed by atoms with Crippen LogP contribution in [0.5, 0.6) is 11.5 Å². The van der Waals surface area contributed by atoms with Gasteiger partial charge in [0.2, 0.25) is 0 Å². The summed E-state index contributed by atoms with van der Waals surface area (Å²) in [5.41, 5.74) is 0. The van der Waals surface area contributed by atoms with Gasteiger partial charge in [-0.2, -0.15) is 0 Å². The van der Waals surface area contributed by atoms with E-state index in [1.54, 1.807) is 13.4 Å². The van der Waals surface area contributed by atoms with E-state index in [1.807, 2.05) is 36.4 Å². The fourth-order valence-electron chi connectivity index (χ4n) is 1.56. The van der Waals surface area contributed by atoms with Gasteiger partial charge in [-0.05, 0) is 24.3 Å². The molecular formula is C16H19NO7. The summed E-state index contributed by atoms with van der Waals surface area (Å²) in [7, 11) is 1.64. The molecule has 2 aromatic rings. The third-order valence-electron chi connectivity index (χ3n) is 2.65. The van der Waals surface area contributed by atoms with Crippen molar-refractivity contribution < 1.29 is 33.7 Å². The monoisotopic (exact) mass is 337 g/mol. The molecule has 1 aromatic carbocycles. The fraction of sp³-hybridized carbons (Fsp3) is 0.250. The lowest BCUT2D eigenvalue weighted by Gasteiger charge is -2.08. The van der Waals surface area contributed by atoms with Gasteiger partial charge in [0.1, 0.15) is 23.9 Å². The van der Waals surface area contributed by atoms with Crippen LogP contribution in [0, 0.1) is 0 Å². The maximum absolute atomic E-state index is 9.10. The van der Waals surface area contributed by atoms with Crippen LogP contribution in [-0.2, 0) is 16.1 Å². The standard InChI is InChI=1S/C14H17NO3.C2H2O4/c1-16-12-4-2-5-13(10-12)18-9-7-15-11-14-6-3-8-17-14;3-1(4)2(5)6/h2-6,8,10,15H,7,9,11H2,1H3;(H,3,4)(H,5,6). The number of carbonyl (C=O) groups is 2. The van der Waals surface area contributed by atoms with Crippen molar-refractivity contribution in [3.05, 3.63) is 48.4 Å². The van der Waals surface area contributed by atoms with E-state index in [0.717, 1.165) is 23.8 Å². The zero-order valence-corrected chi connectivity index (χ0v) is 13.1. The molecular weight excluding hydrogens is 318 g/mol. The van der Waals surface area contributed by atoms with Crippen molar-refractivity contribution in [1.82, 2.24) is 5.32 Å². The van der Waals surface area contributed by atoms with Gasteiger partial charge in [-0.3, -0.25) is 0 Å². The summed E-state index contributed by atoms with van der Waals surface area (Å²) < 4.78 is 15.9. The van der Waals surface area contributed by atoms with Crippen molar-refractivity contribution in [2.45, 2.75) is 6.54 Å². The zero-order chi connectivity index (χ0) is 17.8. The summed E-state index contributed by atoms with van der Waals surface area (Å²) in [6.07, 6.45) is 1.67. The van der Waals surface area contributed by atoms with Crippen LogP contribution in [0.4, 0.5) is 0 Å². The second-order valence-electron chi connectivity index (χ2n) is 4.39. The molecule has 0 radical (unpaired) electrons. The number of hydrogen-bond donors (Lipinski definition) is 3. The molecule has 1 heterocycles. The molecule has 3 N–H and O–H groups in total. The van der Waals surface area contributed by atoms with E-state index in [-0.39, 0.29) is 0 Å². The number of carboxylic acid groups (broad SMARTS) is 2. The van der Waals surface area contributed by atoms with Crippen molar-refractivity contribution in [2.75, 3.05) is 20.3 Å². The van der Waals surface area contributed by atoms with Crippen molar-refractivity contribution in [2.24, 2.45) is 0 Å². The second kappa shape index (κ2) is 10.7. The minimum Gasteiger partial charge on any atom is -0.497 e. The van der Waals surface area contributed by atoms with Crippen molar-refractivity contribution in [3.8, 4) is 11.5 Å². The van der Waals surface area contributed by atoms with E-state index < -0.39 is 11.9 Å². The smallest absolute Gasteiger partial charge is 0.414 e. The Morgan fingerprint density at radius 1 is 1.12 bits per heavy atom. The van der Waals surface area contributed by atoms with Gasteiger partial charge in [-0.25, -0.2) is 9.59 Å². The van der Waals surface area contributed by atoms with E-state index >= 15 is 0 Å². The van der Waals surface area contributed by atoms with Crippen LogP contribution < -0.4 is 14.8 Å². The molecule has 24 heavy (non-hydrogen) atoms. The van der Waals surface area contributed by atoms with Crippen LogP contribution in [0.3, 0.4) is 0 Å². The number of rotatable bonds is 7. The summed E-state index contributed by atoms with van der Waals surface area (Å²) in [5, 5.41) is 18.0. The molecule has 0 spiro atoms. The topological polar surface area (TPSA) is 118 Å². The first-order chi connectivity index (χ1) is 11.5. The van der Waals surface area contributed by atoms with Crippen molar-refractivity contribution >= 4 is 11.9 Å². The average Bonchev–Trinajstić information content (AvgIpc) is 3.08. The average molecular weight is 337 g/mol. The Kier molecular flexibility index (Phi) is 8.48. The number of methoxy groups -OCH3 is 1. The van der Waals surface area contributed by atoms with Crippen LogP contribution in [0.1, 0.15) is 5.76 Å². The van der Waals surface area contributed by atoms with Gasteiger partial charge in [0.15, 0.2) is 0 Å². The third-order valence-corrected chi connectivity index (χ3v) is 2.65. The molecule has 0 bridgehead atoms. The number of hydrogen-bond acceptors (Lipinski definition) is 6. The fourth-order valence-corrected chi connectivity index (χ4v) is 1.56. The summed E-state index contributed by atoms with van der Waals surface area (Å²) in [5.74, 6) is -1.11. The predicted octanol–water partition coefficient (Wildman–Crippen LogP) is 1.61. The molecule has 8 heteroatoms. The summed E-state index contributed by atoms with van der Waals surface area (Å²) in [4.78, 5) is 18.2. The van der Waals surface area contributed by atoms with Crippen LogP contribution in [0.15, 0.2) is 47.1 Å². The molecule has 8 nitrogen and oxygen atoms in total. The number of benzene rings is 1. The zero-order valence-electron chi connectivity index (χ0n) is 13.1. The molecule has 0 atom stereocenters. The molecule has 2 rings (SSSR count). The highest BCUT2D eigenvalue weighted by Crippen LogP contribution is 2.18. The van der Waals surface area contributed by atoms with E-state index in [1.165, 1.54) is 0 Å². The van der Waals surface area contributed by atoms with Gasteiger partial charge < -0.3 is 29.4 Å². The van der Waals surface area contributed by atoms with Gasteiger partial charge >= 0.3 is 11.9 Å². The Morgan fingerprint density at radius 3 is 2.42 bits per heavy atom. The summed E-state index contributed by atoms with van der Waals surface area (Å²) in [6.45, 7) is 2.08. The quantitative estimate of drug-likeness (QED) is 0.515. The molecule has 0 saturated heterocycles. The molecule has 0 aliphatic heterocycles. The van der Waals surface area contributed by atoms with Gasteiger partial charge in [-0.1, -0.05) is 6.07 Å². The first-order valence-electron chi connectivity index (χ1n) is 6.99. The predicted molar refractivity (Wildman–Crippen MR) is 84.2 cm³/mol. The van der Waals surface area contributed by atoms with E-state index in [9.17, 15) is 0 Å². The summed E-state index contributed by atoms with van der Waals surface area (Å²) in [6, 6.07) is 11.4. The molecule has 0 saturated carbocycles. The highest BCUT2D eigenvalue weighted by Gasteiger charge is 2.04. The SMILES string of the molecule is COc1cccc(OCCNCc2ccco2)c1.O=C(O)C(=O)O. The third kappa shape index (κ3) is 7.85. The van der Waals surface area contributed by atoms with Crippen molar-refractivity contribution in [1.29, 1.82) is 0 Å². The summed E-state index contributed by atoms with van der Waals surface area (Å²) >= 11 is 0. The van der Waals surface area contributed by atoms with E-state index in [2.05, 4.69) is 5.32 Å². The van der Waals surface area contributed by atoms with Crippen LogP contribution in [-0.4, -0.2) is 42.4 Å². The van der Waals surface area contributed by atoms with Crippen molar-refractivity contribution in [3.63, 3.8) is 0 Å². The highest BCUT2D eigenvalue weighted by molar-refractivity contribution is 6.27. The molecule has 1 aromatic heterocycles. The number of ether oxygens (including phenoxy) is 2. The Balaban J connectivity index is 0.000000413. The molecule has 0 unspecified atom stereocenters. The minimum atomic E-state index is -1.82. The number of carboxylic acids is 2. The lowest BCUT2D eigenvalue weighted by Crippen LogP contribution is -2.20. The van der Waals surface area contributed by atoms with Gasteiger partial charge in [-0.15, -0.1) is 0 Å². The van der Waals surface area contributed by atoms with Crippen LogP contribution >= 0.6 is 0 Å². The Morgan fingerprint density at radius 2 is 1.83 bits per heavy atom. The molecule has 130 valence electrons. The van der Waals surface area contributed by atoms with Crippen LogP contribution in [0.2, 0.25) is 0 Å². The largest absolute Gasteiger partial charge is 0.497 e. The Bertz CT molecular complexity index is 613. The maximum Gasteiger partial charge on any atom is 0.414 e. The first-order valence-corrected chi connectivity index (χ1v) is 6.99. The molecule has 0 aliphatic carbocycles. The lowest BCUT2D eigenvalue weighted by molar-refractivity contribution is -0.159. The van der Waals surface area contributed by atoms with Gasteiger partial charge in [0.05, 0.1) is 19.9 Å². The first kappa shape index (κ1) is 19.0. The molecule has 0 aliphatic rings. The van der Waals surface area contributed by atoms with Gasteiger partial charge in [0, 0.05) is 12.6 Å². The minimum absolute atomic E-state index is 0.605. The van der Waals surface area contributed by atoms with Gasteiger partial charge in [0.25, 0.3) is 0 Å². The maximum atomic E-state index is 9.10. The second-order valence-corrected chi connectivity index (χ2v) is 4.39. The normalized spacial score (nSPS) is 9.54. The molecule has 0 fully saturated rings. The molecule has 0 amide bonds.